The number of nitrogens with zero attached hydrogens (tertiary/aromatic N) is 1. The number of benzene rings is 2. The molecule has 7 heteroatoms. The van der Waals surface area contributed by atoms with Crippen molar-refractivity contribution in [1.82, 2.24) is 9.62 Å². The van der Waals surface area contributed by atoms with Gasteiger partial charge >= 0.3 is 0 Å². The summed E-state index contributed by atoms with van der Waals surface area (Å²) in [4.78, 5) is 14.7. The summed E-state index contributed by atoms with van der Waals surface area (Å²) in [5.74, 6) is 0.751. The van der Waals surface area contributed by atoms with E-state index < -0.39 is 16.1 Å². The number of carbonyl (C=O) groups excluding carboxylic acids is 1. The predicted octanol–water partition coefficient (Wildman–Crippen LogP) is 4.12. The molecule has 5 nitrogen and oxygen atoms in total. The standard InChI is InChI=1S/C23H28N2O3S2/c1-15-13-16(2)22(17(3)14-15)30(27,28)25-11-6-8-20(25)23(26)24-19-10-12-29-21-9-5-4-7-18(19)21/h4-5,7,9,13-14,19-20H,6,8,10-12H2,1-3H3,(H,24,26)/t19-,20+/m1/s1. The maximum absolute atomic E-state index is 13.5. The summed E-state index contributed by atoms with van der Waals surface area (Å²) in [6, 6.07) is 11.2. The van der Waals surface area contributed by atoms with Gasteiger partial charge < -0.3 is 5.32 Å². The number of sulfonamides is 1. The Labute approximate surface area is 183 Å². The van der Waals surface area contributed by atoms with Crippen molar-refractivity contribution in [3.8, 4) is 0 Å². The normalized spacial score (nSPS) is 22.0. The maximum Gasteiger partial charge on any atom is 0.244 e. The number of nitrogens with one attached hydrogen (secondary N) is 1. The molecule has 2 atom stereocenters. The molecule has 1 amide bonds. The number of rotatable bonds is 4. The number of carbonyl (C=O) groups is 1. The molecule has 0 unspecified atom stereocenters. The van der Waals surface area contributed by atoms with E-state index in [1.807, 2.05) is 45.0 Å². The Bertz CT molecular complexity index is 1060. The van der Waals surface area contributed by atoms with Crippen molar-refractivity contribution in [2.45, 2.75) is 61.9 Å². The molecule has 2 heterocycles. The second-order valence-corrected chi connectivity index (χ2v) is 11.2. The average Bonchev–Trinajstić information content (AvgIpc) is 3.18. The molecule has 160 valence electrons. The average molecular weight is 445 g/mol. The molecule has 2 aliphatic heterocycles. The highest BCUT2D eigenvalue weighted by atomic mass is 32.2. The lowest BCUT2D eigenvalue weighted by molar-refractivity contribution is -0.125. The zero-order valence-corrected chi connectivity index (χ0v) is 19.3. The van der Waals surface area contributed by atoms with Crippen molar-refractivity contribution >= 4 is 27.7 Å². The summed E-state index contributed by atoms with van der Waals surface area (Å²) in [5.41, 5.74) is 3.63. The number of fused-ring (bicyclic) bond motifs is 1. The second-order valence-electron chi connectivity index (χ2n) is 8.24. The fraction of sp³-hybridized carbons (Fsp3) is 0.435. The first kappa shape index (κ1) is 21.4. The summed E-state index contributed by atoms with van der Waals surface area (Å²) in [6.45, 7) is 6.00. The van der Waals surface area contributed by atoms with Crippen LogP contribution in [0.25, 0.3) is 0 Å². The van der Waals surface area contributed by atoms with Gasteiger partial charge in [0, 0.05) is 17.2 Å². The van der Waals surface area contributed by atoms with Crippen LogP contribution in [0.4, 0.5) is 0 Å². The van der Waals surface area contributed by atoms with Gasteiger partial charge in [0.05, 0.1) is 10.9 Å². The van der Waals surface area contributed by atoms with Gasteiger partial charge in [-0.3, -0.25) is 4.79 Å². The Balaban J connectivity index is 1.59. The van der Waals surface area contributed by atoms with Gasteiger partial charge in [-0.2, -0.15) is 4.31 Å². The predicted molar refractivity (Wildman–Crippen MR) is 120 cm³/mol. The van der Waals surface area contributed by atoms with Gasteiger partial charge in [0.25, 0.3) is 0 Å². The highest BCUT2D eigenvalue weighted by molar-refractivity contribution is 7.99. The third-order valence-corrected chi connectivity index (χ3v) is 9.29. The topological polar surface area (TPSA) is 66.5 Å². The quantitative estimate of drug-likeness (QED) is 0.770. The minimum absolute atomic E-state index is 0.0667. The Morgan fingerprint density at radius 3 is 2.53 bits per heavy atom. The Kier molecular flexibility index (Phi) is 5.97. The third kappa shape index (κ3) is 3.90. The van der Waals surface area contributed by atoms with Crippen LogP contribution in [0.3, 0.4) is 0 Å². The molecule has 2 aliphatic rings. The minimum atomic E-state index is -3.74. The minimum Gasteiger partial charge on any atom is -0.348 e. The molecule has 0 aromatic heterocycles. The van der Waals surface area contributed by atoms with Crippen LogP contribution in [0.1, 0.15) is 47.6 Å². The Morgan fingerprint density at radius 1 is 1.10 bits per heavy atom. The number of thioether (sulfide) groups is 1. The molecule has 0 spiro atoms. The third-order valence-electron chi connectivity index (χ3n) is 5.95. The van der Waals surface area contributed by atoms with E-state index in [0.717, 1.165) is 34.4 Å². The molecule has 0 radical (unpaired) electrons. The van der Waals surface area contributed by atoms with E-state index in [1.165, 1.54) is 9.20 Å². The van der Waals surface area contributed by atoms with Crippen LogP contribution in [0.5, 0.6) is 0 Å². The van der Waals surface area contributed by atoms with Gasteiger partial charge in [0.15, 0.2) is 0 Å². The first-order chi connectivity index (χ1) is 14.3. The van der Waals surface area contributed by atoms with Crippen molar-refractivity contribution in [3.63, 3.8) is 0 Å². The smallest absolute Gasteiger partial charge is 0.244 e. The van der Waals surface area contributed by atoms with Crippen LogP contribution in [0.2, 0.25) is 0 Å². The molecule has 1 N–H and O–H groups in total. The zero-order valence-electron chi connectivity index (χ0n) is 17.6. The van der Waals surface area contributed by atoms with Crippen molar-refractivity contribution in [1.29, 1.82) is 0 Å². The lowest BCUT2D eigenvalue weighted by Gasteiger charge is -2.29. The molecule has 30 heavy (non-hydrogen) atoms. The first-order valence-corrected chi connectivity index (χ1v) is 12.8. The summed E-state index contributed by atoms with van der Waals surface area (Å²) in [6.07, 6.45) is 2.10. The van der Waals surface area contributed by atoms with E-state index in [-0.39, 0.29) is 11.9 Å². The van der Waals surface area contributed by atoms with Crippen molar-refractivity contribution < 1.29 is 13.2 Å². The summed E-state index contributed by atoms with van der Waals surface area (Å²) in [7, 11) is -3.74. The van der Waals surface area contributed by atoms with E-state index in [2.05, 4.69) is 17.4 Å². The fourth-order valence-electron chi connectivity index (χ4n) is 4.74. The van der Waals surface area contributed by atoms with Crippen LogP contribution >= 0.6 is 11.8 Å². The summed E-state index contributed by atoms with van der Waals surface area (Å²) in [5, 5.41) is 3.15. The van der Waals surface area contributed by atoms with Crippen LogP contribution in [-0.2, 0) is 14.8 Å². The number of hydrogen-bond donors (Lipinski definition) is 1. The number of hydrogen-bond acceptors (Lipinski definition) is 4. The highest BCUT2D eigenvalue weighted by Gasteiger charge is 2.41. The monoisotopic (exact) mass is 444 g/mol. The maximum atomic E-state index is 13.5. The van der Waals surface area contributed by atoms with Crippen LogP contribution in [0.15, 0.2) is 46.2 Å². The van der Waals surface area contributed by atoms with Gasteiger partial charge in [0.2, 0.25) is 15.9 Å². The lowest BCUT2D eigenvalue weighted by Crippen LogP contribution is -2.47. The van der Waals surface area contributed by atoms with Gasteiger partial charge in [-0.25, -0.2) is 8.42 Å². The molecule has 0 bridgehead atoms. The second kappa shape index (κ2) is 8.36. The van der Waals surface area contributed by atoms with E-state index in [1.54, 1.807) is 11.8 Å². The van der Waals surface area contributed by atoms with Crippen molar-refractivity contribution in [2.75, 3.05) is 12.3 Å². The van der Waals surface area contributed by atoms with Crippen molar-refractivity contribution in [3.05, 3.63) is 58.7 Å². The molecule has 2 aromatic carbocycles. The summed E-state index contributed by atoms with van der Waals surface area (Å²) < 4.78 is 28.5. The lowest BCUT2D eigenvalue weighted by atomic mass is 10.0. The molecule has 2 aromatic rings. The molecule has 1 saturated heterocycles. The van der Waals surface area contributed by atoms with Gasteiger partial charge in [-0.1, -0.05) is 35.9 Å². The number of aryl methyl sites for hydroxylation is 3. The molecule has 1 fully saturated rings. The molecular formula is C23H28N2O3S2. The zero-order chi connectivity index (χ0) is 21.5. The molecular weight excluding hydrogens is 416 g/mol. The molecule has 0 aliphatic carbocycles. The van der Waals surface area contributed by atoms with E-state index >= 15 is 0 Å². The Morgan fingerprint density at radius 2 is 1.80 bits per heavy atom. The summed E-state index contributed by atoms with van der Waals surface area (Å²) >= 11 is 1.80. The van der Waals surface area contributed by atoms with E-state index in [4.69, 9.17) is 0 Å². The van der Waals surface area contributed by atoms with Crippen molar-refractivity contribution in [2.24, 2.45) is 0 Å². The van der Waals surface area contributed by atoms with E-state index in [0.29, 0.717) is 24.3 Å². The van der Waals surface area contributed by atoms with Crippen LogP contribution in [-0.4, -0.2) is 37.0 Å². The van der Waals surface area contributed by atoms with Gasteiger partial charge in [-0.15, -0.1) is 11.8 Å². The van der Waals surface area contributed by atoms with Gasteiger partial charge in [0.1, 0.15) is 6.04 Å². The van der Waals surface area contributed by atoms with Crippen LogP contribution in [0, 0.1) is 20.8 Å². The van der Waals surface area contributed by atoms with Crippen LogP contribution < -0.4 is 5.32 Å². The number of amides is 1. The molecule has 4 rings (SSSR count). The Hall–Kier alpha value is -1.83. The molecule has 0 saturated carbocycles. The van der Waals surface area contributed by atoms with E-state index in [9.17, 15) is 13.2 Å². The fourth-order valence-corrected chi connectivity index (χ4v) is 7.94. The first-order valence-electron chi connectivity index (χ1n) is 10.4. The van der Waals surface area contributed by atoms with Gasteiger partial charge in [-0.05, 0) is 62.8 Å². The highest BCUT2D eigenvalue weighted by Crippen LogP contribution is 2.36. The SMILES string of the molecule is Cc1cc(C)c(S(=O)(=O)N2CCC[C@H]2C(=O)N[C@@H]2CCSc3ccccc32)c(C)c1. The largest absolute Gasteiger partial charge is 0.348 e.